The van der Waals surface area contributed by atoms with Gasteiger partial charge in [0.1, 0.15) is 0 Å². The van der Waals surface area contributed by atoms with E-state index in [1.54, 1.807) is 0 Å². The Morgan fingerprint density at radius 2 is 1.28 bits per heavy atom. The Hall–Kier alpha value is -3.63. The van der Waals surface area contributed by atoms with E-state index in [4.69, 9.17) is 11.6 Å². The second-order valence-corrected chi connectivity index (χ2v) is 6.92. The minimum Gasteiger partial charge on any atom is -0.256 e. The van der Waals surface area contributed by atoms with Crippen LogP contribution >= 0.6 is 11.6 Å². The highest BCUT2D eigenvalue weighted by Crippen LogP contribution is 2.30. The van der Waals surface area contributed by atoms with Crippen LogP contribution in [0.1, 0.15) is 0 Å². The van der Waals surface area contributed by atoms with Crippen LogP contribution in [0.3, 0.4) is 0 Å². The van der Waals surface area contributed by atoms with Crippen LogP contribution in [0, 0.1) is 0 Å². The molecule has 0 atom stereocenters. The van der Waals surface area contributed by atoms with E-state index >= 15 is 0 Å². The number of pyridine rings is 1. The molecule has 2 heterocycles. The Labute approximate surface area is 172 Å². The zero-order valence-electron chi connectivity index (χ0n) is 15.3. The predicted molar refractivity (Wildman–Crippen MR) is 116 cm³/mol. The van der Waals surface area contributed by atoms with Crippen molar-refractivity contribution >= 4 is 22.5 Å². The number of fused-ring (bicyclic) bond motifs is 1. The number of halogens is 1. The highest BCUT2D eigenvalue weighted by atomic mass is 35.5. The molecule has 0 fully saturated rings. The van der Waals surface area contributed by atoms with Crippen molar-refractivity contribution in [3.8, 4) is 33.9 Å². The van der Waals surface area contributed by atoms with E-state index in [1.807, 2.05) is 60.8 Å². The standard InChI is InChI=1S/C24H15ClN4/c25-24-28-22(17-7-2-1-3-8-17)27-23(29-24)19-11-4-10-18(15-19)20-13-5-9-16-12-6-14-26-21(16)20/h1-15H. The van der Waals surface area contributed by atoms with E-state index in [2.05, 4.69) is 50.3 Å². The van der Waals surface area contributed by atoms with E-state index < -0.39 is 0 Å². The lowest BCUT2D eigenvalue weighted by Gasteiger charge is -2.09. The van der Waals surface area contributed by atoms with Crippen molar-refractivity contribution in [2.24, 2.45) is 0 Å². The molecule has 5 aromatic rings. The van der Waals surface area contributed by atoms with Crippen molar-refractivity contribution in [1.82, 2.24) is 19.9 Å². The molecule has 2 aromatic heterocycles. The van der Waals surface area contributed by atoms with Crippen LogP contribution < -0.4 is 0 Å². The summed E-state index contributed by atoms with van der Waals surface area (Å²) in [7, 11) is 0. The number of para-hydroxylation sites is 1. The predicted octanol–water partition coefficient (Wildman–Crippen LogP) is 6.07. The lowest BCUT2D eigenvalue weighted by atomic mass is 10.00. The summed E-state index contributed by atoms with van der Waals surface area (Å²) in [5.74, 6) is 1.09. The van der Waals surface area contributed by atoms with Crippen molar-refractivity contribution in [3.05, 3.63) is 96.4 Å². The molecule has 0 spiro atoms. The Kier molecular flexibility index (Phi) is 4.47. The molecule has 0 N–H and O–H groups in total. The van der Waals surface area contributed by atoms with Crippen LogP contribution in [-0.2, 0) is 0 Å². The van der Waals surface area contributed by atoms with Gasteiger partial charge in [0.25, 0.3) is 0 Å². The molecular formula is C24H15ClN4. The van der Waals surface area contributed by atoms with Crippen LogP contribution in [0.5, 0.6) is 0 Å². The topological polar surface area (TPSA) is 51.6 Å². The van der Waals surface area contributed by atoms with Crippen molar-refractivity contribution in [2.75, 3.05) is 0 Å². The smallest absolute Gasteiger partial charge is 0.226 e. The second-order valence-electron chi connectivity index (χ2n) is 6.58. The zero-order valence-corrected chi connectivity index (χ0v) is 16.1. The van der Waals surface area contributed by atoms with Gasteiger partial charge in [-0.1, -0.05) is 72.8 Å². The van der Waals surface area contributed by atoms with Gasteiger partial charge in [-0.05, 0) is 29.3 Å². The third kappa shape index (κ3) is 3.46. The Morgan fingerprint density at radius 1 is 0.586 bits per heavy atom. The molecule has 29 heavy (non-hydrogen) atoms. The van der Waals surface area contributed by atoms with Gasteiger partial charge in [-0.3, -0.25) is 4.98 Å². The summed E-state index contributed by atoms with van der Waals surface area (Å²) in [6, 6.07) is 28.0. The quantitative estimate of drug-likeness (QED) is 0.372. The Morgan fingerprint density at radius 3 is 2.14 bits per heavy atom. The molecule has 0 saturated heterocycles. The van der Waals surface area contributed by atoms with Crippen LogP contribution in [0.15, 0.2) is 91.1 Å². The fourth-order valence-corrected chi connectivity index (χ4v) is 3.52. The van der Waals surface area contributed by atoms with E-state index in [0.717, 1.165) is 33.2 Å². The number of hydrogen-bond acceptors (Lipinski definition) is 4. The maximum atomic E-state index is 6.21. The lowest BCUT2D eigenvalue weighted by Crippen LogP contribution is -1.97. The van der Waals surface area contributed by atoms with Crippen molar-refractivity contribution < 1.29 is 0 Å². The largest absolute Gasteiger partial charge is 0.256 e. The molecular weight excluding hydrogens is 380 g/mol. The van der Waals surface area contributed by atoms with Gasteiger partial charge in [-0.25, -0.2) is 4.98 Å². The lowest BCUT2D eigenvalue weighted by molar-refractivity contribution is 1.07. The molecule has 0 unspecified atom stereocenters. The van der Waals surface area contributed by atoms with Gasteiger partial charge in [0.05, 0.1) is 5.52 Å². The van der Waals surface area contributed by atoms with Gasteiger partial charge in [-0.15, -0.1) is 0 Å². The Bertz CT molecular complexity index is 1310. The first-order valence-corrected chi connectivity index (χ1v) is 9.57. The van der Waals surface area contributed by atoms with Gasteiger partial charge in [0.2, 0.25) is 5.28 Å². The van der Waals surface area contributed by atoms with Crippen molar-refractivity contribution in [3.63, 3.8) is 0 Å². The maximum Gasteiger partial charge on any atom is 0.226 e. The van der Waals surface area contributed by atoms with Gasteiger partial charge >= 0.3 is 0 Å². The molecule has 5 heteroatoms. The van der Waals surface area contributed by atoms with Crippen molar-refractivity contribution in [2.45, 2.75) is 0 Å². The van der Waals surface area contributed by atoms with E-state index in [9.17, 15) is 0 Å². The molecule has 0 aliphatic carbocycles. The fraction of sp³-hybridized carbons (Fsp3) is 0. The minimum atomic E-state index is 0.172. The molecule has 4 nitrogen and oxygen atoms in total. The first-order chi connectivity index (χ1) is 14.3. The van der Waals surface area contributed by atoms with Crippen LogP contribution in [0.2, 0.25) is 5.28 Å². The first kappa shape index (κ1) is 17.5. The number of aromatic nitrogens is 4. The van der Waals surface area contributed by atoms with Gasteiger partial charge < -0.3 is 0 Å². The third-order valence-electron chi connectivity index (χ3n) is 4.70. The minimum absolute atomic E-state index is 0.172. The molecule has 0 amide bonds. The number of hydrogen-bond donors (Lipinski definition) is 0. The molecule has 0 aliphatic heterocycles. The molecule has 138 valence electrons. The molecule has 0 bridgehead atoms. The molecule has 3 aromatic carbocycles. The van der Waals surface area contributed by atoms with Crippen LogP contribution in [0.25, 0.3) is 44.8 Å². The van der Waals surface area contributed by atoms with Gasteiger partial charge in [-0.2, -0.15) is 9.97 Å². The summed E-state index contributed by atoms with van der Waals surface area (Å²) in [6.45, 7) is 0. The molecule has 0 radical (unpaired) electrons. The normalized spacial score (nSPS) is 10.9. The summed E-state index contributed by atoms with van der Waals surface area (Å²) in [6.07, 6.45) is 1.81. The average molecular weight is 395 g/mol. The zero-order chi connectivity index (χ0) is 19.6. The molecule has 5 rings (SSSR count). The summed E-state index contributed by atoms with van der Waals surface area (Å²) in [5.41, 5.74) is 4.84. The first-order valence-electron chi connectivity index (χ1n) is 9.19. The maximum absolute atomic E-state index is 6.21. The average Bonchev–Trinajstić information content (AvgIpc) is 2.79. The third-order valence-corrected chi connectivity index (χ3v) is 4.87. The second kappa shape index (κ2) is 7.41. The van der Waals surface area contributed by atoms with Gasteiger partial charge in [0.15, 0.2) is 11.6 Å². The number of nitrogens with zero attached hydrogens (tertiary/aromatic N) is 4. The monoisotopic (exact) mass is 394 g/mol. The van der Waals surface area contributed by atoms with Crippen LogP contribution in [0.4, 0.5) is 0 Å². The highest BCUT2D eigenvalue weighted by molar-refractivity contribution is 6.28. The summed E-state index contributed by atoms with van der Waals surface area (Å²) in [5, 5.41) is 1.27. The van der Waals surface area contributed by atoms with E-state index in [-0.39, 0.29) is 5.28 Å². The molecule has 0 aliphatic rings. The van der Waals surface area contributed by atoms with E-state index in [0.29, 0.717) is 11.6 Å². The summed E-state index contributed by atoms with van der Waals surface area (Å²) < 4.78 is 0. The molecule has 0 saturated carbocycles. The van der Waals surface area contributed by atoms with E-state index in [1.165, 1.54) is 0 Å². The number of rotatable bonds is 3. The fourth-order valence-electron chi connectivity index (χ4n) is 3.36. The SMILES string of the molecule is Clc1nc(-c2ccccc2)nc(-c2cccc(-c3cccc4cccnc34)c2)n1. The van der Waals surface area contributed by atoms with Crippen molar-refractivity contribution in [1.29, 1.82) is 0 Å². The van der Waals surface area contributed by atoms with Gasteiger partial charge in [0, 0.05) is 28.3 Å². The van der Waals surface area contributed by atoms with Crippen LogP contribution in [-0.4, -0.2) is 19.9 Å². The summed E-state index contributed by atoms with van der Waals surface area (Å²) >= 11 is 6.21. The number of benzene rings is 3. The Balaban J connectivity index is 1.63. The summed E-state index contributed by atoms with van der Waals surface area (Å²) in [4.78, 5) is 17.9. The highest BCUT2D eigenvalue weighted by Gasteiger charge is 2.11.